The first-order chi connectivity index (χ1) is 27.8. The molecule has 0 saturated carbocycles. The second-order valence-corrected chi connectivity index (χ2v) is 14.1. The van der Waals surface area contributed by atoms with Crippen molar-refractivity contribution in [3.8, 4) is 56.4 Å². The summed E-state index contributed by atoms with van der Waals surface area (Å²) in [5.74, 6) is 0.696. The van der Waals surface area contributed by atoms with Crippen molar-refractivity contribution in [3.63, 3.8) is 0 Å². The highest BCUT2D eigenvalue weighted by Crippen LogP contribution is 2.38. The van der Waals surface area contributed by atoms with E-state index < -0.39 is 0 Å². The van der Waals surface area contributed by atoms with Gasteiger partial charge in [0.2, 0.25) is 0 Å². The minimum atomic E-state index is 0.696. The van der Waals surface area contributed by atoms with E-state index in [1.54, 1.807) is 0 Å². The Morgan fingerprint density at radius 3 is 1.64 bits per heavy atom. The molecule has 5 nitrogen and oxygen atoms in total. The first kappa shape index (κ1) is 31.9. The third-order valence-electron chi connectivity index (χ3n) is 10.8. The monoisotopic (exact) mass is 715 g/mol. The van der Waals surface area contributed by atoms with Crippen LogP contribution in [0.2, 0.25) is 0 Å². The maximum Gasteiger partial charge on any atom is 0.160 e. The van der Waals surface area contributed by atoms with E-state index in [9.17, 15) is 0 Å². The van der Waals surface area contributed by atoms with Crippen molar-refractivity contribution in [1.82, 2.24) is 24.1 Å². The number of para-hydroxylation sites is 2. The lowest BCUT2D eigenvalue weighted by atomic mass is 10.0. The molecule has 262 valence electrons. The van der Waals surface area contributed by atoms with E-state index in [4.69, 9.17) is 15.0 Å². The Bertz CT molecular complexity index is 3180. The number of benzene rings is 7. The number of hydrogen-bond donors (Lipinski definition) is 0. The Labute approximate surface area is 323 Å². The van der Waals surface area contributed by atoms with E-state index in [2.05, 4.69) is 161 Å². The number of nitrogens with zero attached hydrogens (tertiary/aromatic N) is 5. The fourth-order valence-electron chi connectivity index (χ4n) is 8.17. The molecule has 11 rings (SSSR count). The van der Waals surface area contributed by atoms with Gasteiger partial charge in [0.1, 0.15) is 0 Å². The zero-order valence-electron chi connectivity index (χ0n) is 30.3. The average Bonchev–Trinajstić information content (AvgIpc) is 3.79. The third-order valence-corrected chi connectivity index (χ3v) is 10.8. The lowest BCUT2D eigenvalue weighted by Crippen LogP contribution is -1.98. The molecular weight excluding hydrogens is 683 g/mol. The molecule has 0 saturated heterocycles. The molecule has 0 aliphatic heterocycles. The van der Waals surface area contributed by atoms with Crippen LogP contribution in [0.25, 0.3) is 100 Å². The molecule has 5 heteroatoms. The smallest absolute Gasteiger partial charge is 0.160 e. The summed E-state index contributed by atoms with van der Waals surface area (Å²) in [6, 6.07) is 68.3. The van der Waals surface area contributed by atoms with Crippen molar-refractivity contribution >= 4 is 43.7 Å². The van der Waals surface area contributed by atoms with Crippen LogP contribution in [-0.4, -0.2) is 24.1 Å². The minimum absolute atomic E-state index is 0.696. The lowest BCUT2D eigenvalue weighted by molar-refractivity contribution is 1.16. The Morgan fingerprint density at radius 1 is 0.321 bits per heavy atom. The highest BCUT2D eigenvalue weighted by Gasteiger charge is 2.18. The molecule has 0 aliphatic rings. The predicted molar refractivity (Wildman–Crippen MR) is 230 cm³/mol. The summed E-state index contributed by atoms with van der Waals surface area (Å²) < 4.78 is 4.71. The second kappa shape index (κ2) is 13.0. The van der Waals surface area contributed by atoms with Crippen LogP contribution in [0.5, 0.6) is 0 Å². The normalized spacial score (nSPS) is 11.6. The molecule has 0 N–H and O–H groups in total. The molecule has 4 aromatic heterocycles. The molecule has 56 heavy (non-hydrogen) atoms. The molecule has 0 atom stereocenters. The van der Waals surface area contributed by atoms with E-state index in [1.807, 2.05) is 48.7 Å². The molecule has 4 heterocycles. The van der Waals surface area contributed by atoms with Crippen LogP contribution < -0.4 is 0 Å². The van der Waals surface area contributed by atoms with Crippen molar-refractivity contribution < 1.29 is 0 Å². The van der Waals surface area contributed by atoms with Gasteiger partial charge in [0, 0.05) is 50.4 Å². The fourth-order valence-corrected chi connectivity index (χ4v) is 8.17. The molecule has 0 aliphatic carbocycles. The summed E-state index contributed by atoms with van der Waals surface area (Å²) in [5, 5.41) is 3.59. The molecule has 7 aromatic carbocycles. The van der Waals surface area contributed by atoms with Gasteiger partial charge in [0.15, 0.2) is 5.82 Å². The number of fused-ring (bicyclic) bond motifs is 6. The Hall–Kier alpha value is -7.63. The largest absolute Gasteiger partial charge is 0.309 e. The number of aromatic nitrogens is 5. The van der Waals surface area contributed by atoms with Crippen molar-refractivity contribution in [2.75, 3.05) is 0 Å². The lowest BCUT2D eigenvalue weighted by Gasteiger charge is -2.13. The first-order valence-electron chi connectivity index (χ1n) is 18.9. The summed E-state index contributed by atoms with van der Waals surface area (Å²) in [5.41, 5.74) is 14.7. The topological polar surface area (TPSA) is 48.5 Å². The van der Waals surface area contributed by atoms with E-state index >= 15 is 0 Å². The highest BCUT2D eigenvalue weighted by molar-refractivity contribution is 6.11. The zero-order valence-corrected chi connectivity index (χ0v) is 30.3. The van der Waals surface area contributed by atoms with Gasteiger partial charge in [-0.15, -0.1) is 0 Å². The standard InChI is InChI=1S/C51H33N5/c1-4-14-34(15-5-1)44-33-45(54-51(53-44)35-16-6-2-7-17-35)38-18-12-21-40(30-38)56-47-24-13-29-52-50(47)43-28-26-37(32-49(43)56)36-25-27-42-41-22-10-11-23-46(41)55(48(42)31-36)39-19-8-3-9-20-39/h1-33H. The molecule has 0 unspecified atom stereocenters. The fraction of sp³-hybridized carbons (Fsp3) is 0. The van der Waals surface area contributed by atoms with Gasteiger partial charge in [-0.3, -0.25) is 4.98 Å². The van der Waals surface area contributed by atoms with E-state index in [-0.39, 0.29) is 0 Å². The van der Waals surface area contributed by atoms with Crippen LogP contribution in [0.1, 0.15) is 0 Å². The summed E-state index contributed by atoms with van der Waals surface area (Å²) in [6.45, 7) is 0. The molecular formula is C51H33N5. The molecule has 0 amide bonds. The molecule has 0 bridgehead atoms. The molecule has 0 spiro atoms. The summed E-state index contributed by atoms with van der Waals surface area (Å²) in [6.07, 6.45) is 1.88. The van der Waals surface area contributed by atoms with Gasteiger partial charge in [0.05, 0.1) is 39.0 Å². The van der Waals surface area contributed by atoms with Gasteiger partial charge in [0.25, 0.3) is 0 Å². The van der Waals surface area contributed by atoms with Crippen molar-refractivity contribution in [2.24, 2.45) is 0 Å². The van der Waals surface area contributed by atoms with E-state index in [0.29, 0.717) is 5.82 Å². The van der Waals surface area contributed by atoms with Gasteiger partial charge < -0.3 is 9.13 Å². The zero-order chi connectivity index (χ0) is 37.0. The van der Waals surface area contributed by atoms with Crippen LogP contribution in [-0.2, 0) is 0 Å². The van der Waals surface area contributed by atoms with Gasteiger partial charge in [-0.25, -0.2) is 9.97 Å². The average molecular weight is 716 g/mol. The maximum absolute atomic E-state index is 5.14. The van der Waals surface area contributed by atoms with Crippen LogP contribution in [0.3, 0.4) is 0 Å². The van der Waals surface area contributed by atoms with Gasteiger partial charge in [-0.1, -0.05) is 127 Å². The third kappa shape index (κ3) is 5.29. The van der Waals surface area contributed by atoms with Crippen molar-refractivity contribution in [1.29, 1.82) is 0 Å². The summed E-state index contributed by atoms with van der Waals surface area (Å²) >= 11 is 0. The number of rotatable bonds is 6. The quantitative estimate of drug-likeness (QED) is 0.172. The van der Waals surface area contributed by atoms with Crippen LogP contribution in [0.15, 0.2) is 200 Å². The van der Waals surface area contributed by atoms with E-state index in [1.165, 1.54) is 21.8 Å². The number of pyridine rings is 1. The number of hydrogen-bond acceptors (Lipinski definition) is 3. The van der Waals surface area contributed by atoms with Crippen molar-refractivity contribution in [3.05, 3.63) is 200 Å². The Kier molecular flexibility index (Phi) is 7.42. The molecule has 0 fully saturated rings. The van der Waals surface area contributed by atoms with Gasteiger partial charge >= 0.3 is 0 Å². The molecule has 11 aromatic rings. The van der Waals surface area contributed by atoms with Crippen LogP contribution in [0, 0.1) is 0 Å². The summed E-state index contributed by atoms with van der Waals surface area (Å²) in [7, 11) is 0. The van der Waals surface area contributed by atoms with Gasteiger partial charge in [-0.2, -0.15) is 0 Å². The van der Waals surface area contributed by atoms with Gasteiger partial charge in [-0.05, 0) is 77.9 Å². The first-order valence-corrected chi connectivity index (χ1v) is 18.9. The Balaban J connectivity index is 1.08. The van der Waals surface area contributed by atoms with Crippen LogP contribution in [0.4, 0.5) is 0 Å². The maximum atomic E-state index is 5.14. The highest BCUT2D eigenvalue weighted by atomic mass is 15.0. The van der Waals surface area contributed by atoms with Crippen molar-refractivity contribution in [2.45, 2.75) is 0 Å². The SMILES string of the molecule is c1ccc(-c2cc(-c3cccc(-n4c5cc(-c6ccc7c8ccccc8n(-c8ccccc8)c7c6)ccc5c5ncccc54)c3)nc(-c3ccccc3)n2)cc1. The summed E-state index contributed by atoms with van der Waals surface area (Å²) in [4.78, 5) is 15.0. The predicted octanol–water partition coefficient (Wildman–Crippen LogP) is 12.7. The second-order valence-electron chi connectivity index (χ2n) is 14.1. The Morgan fingerprint density at radius 2 is 0.875 bits per heavy atom. The van der Waals surface area contributed by atoms with Crippen LogP contribution >= 0.6 is 0 Å². The minimum Gasteiger partial charge on any atom is -0.309 e. The van der Waals surface area contributed by atoms with E-state index in [0.717, 1.165) is 72.5 Å². The molecule has 0 radical (unpaired) electrons.